The molecule has 0 aliphatic heterocycles. The van der Waals surface area contributed by atoms with Crippen molar-refractivity contribution in [3.05, 3.63) is 65.2 Å². The molecule has 1 N–H and O–H groups in total. The number of halogens is 1. The van der Waals surface area contributed by atoms with Crippen LogP contribution in [0, 0.1) is 0 Å². The third-order valence-electron chi connectivity index (χ3n) is 3.72. The van der Waals surface area contributed by atoms with Crippen LogP contribution in [-0.4, -0.2) is 17.6 Å². The van der Waals surface area contributed by atoms with Crippen LogP contribution in [0.3, 0.4) is 0 Å². The van der Waals surface area contributed by atoms with Gasteiger partial charge in [-0.2, -0.15) is 0 Å². The molecule has 24 heavy (non-hydrogen) atoms. The van der Waals surface area contributed by atoms with Crippen LogP contribution in [0.25, 0.3) is 0 Å². The van der Waals surface area contributed by atoms with E-state index >= 15 is 0 Å². The molecule has 0 heterocycles. The number of carbonyl (C=O) groups excluding carboxylic acids is 1. The number of benzene rings is 2. The molecule has 0 aliphatic rings. The second kappa shape index (κ2) is 8.20. The molecule has 0 radical (unpaired) electrons. The van der Waals surface area contributed by atoms with Gasteiger partial charge < -0.3 is 10.1 Å². The lowest BCUT2D eigenvalue weighted by Crippen LogP contribution is -2.50. The number of nitrogens with one attached hydrogen (secondary N) is 1. The molecule has 0 bridgehead atoms. The molecule has 4 heteroatoms. The Balaban J connectivity index is 2.01. The van der Waals surface area contributed by atoms with Crippen molar-refractivity contribution in [2.45, 2.75) is 45.3 Å². The molecule has 0 aromatic heterocycles. The lowest BCUT2D eigenvalue weighted by Gasteiger charge is -2.29. The number of amides is 1. The van der Waals surface area contributed by atoms with E-state index in [0.717, 1.165) is 6.42 Å². The van der Waals surface area contributed by atoms with E-state index in [-0.39, 0.29) is 11.4 Å². The summed E-state index contributed by atoms with van der Waals surface area (Å²) in [4.78, 5) is 12.6. The van der Waals surface area contributed by atoms with Crippen molar-refractivity contribution >= 4 is 17.5 Å². The van der Waals surface area contributed by atoms with E-state index in [1.54, 1.807) is 12.1 Å². The minimum atomic E-state index is -0.569. The van der Waals surface area contributed by atoms with Gasteiger partial charge in [-0.25, -0.2) is 0 Å². The number of hydrogen-bond acceptors (Lipinski definition) is 2. The molecule has 3 nitrogen and oxygen atoms in total. The zero-order chi connectivity index (χ0) is 17.6. The Morgan fingerprint density at radius 1 is 1.12 bits per heavy atom. The van der Waals surface area contributed by atoms with Gasteiger partial charge in [0.1, 0.15) is 5.75 Å². The third-order valence-corrected chi connectivity index (χ3v) is 4.03. The molecule has 0 fully saturated rings. The Hall–Kier alpha value is -2.00. The summed E-state index contributed by atoms with van der Waals surface area (Å²) in [6.45, 7) is 5.95. The molecule has 2 rings (SSSR count). The molecule has 1 atom stereocenters. The zero-order valence-electron chi connectivity index (χ0n) is 14.4. The summed E-state index contributed by atoms with van der Waals surface area (Å²) in [5.41, 5.74) is 0.818. The maximum atomic E-state index is 12.6. The van der Waals surface area contributed by atoms with Crippen molar-refractivity contribution in [3.8, 4) is 5.75 Å². The van der Waals surface area contributed by atoms with Gasteiger partial charge in [-0.1, -0.05) is 61.0 Å². The maximum Gasteiger partial charge on any atom is 0.261 e. The van der Waals surface area contributed by atoms with Gasteiger partial charge in [-0.15, -0.1) is 0 Å². The fraction of sp³-hybridized carbons (Fsp3) is 0.350. The molecule has 0 spiro atoms. The van der Waals surface area contributed by atoms with E-state index in [1.165, 1.54) is 5.56 Å². The van der Waals surface area contributed by atoms with Gasteiger partial charge in [0.15, 0.2) is 6.10 Å². The number of rotatable bonds is 7. The van der Waals surface area contributed by atoms with E-state index in [4.69, 9.17) is 16.3 Å². The first-order chi connectivity index (χ1) is 11.4. The average molecular weight is 346 g/mol. The fourth-order valence-electron chi connectivity index (χ4n) is 2.58. The molecule has 0 saturated carbocycles. The first kappa shape index (κ1) is 18.3. The van der Waals surface area contributed by atoms with E-state index in [0.29, 0.717) is 17.2 Å². The van der Waals surface area contributed by atoms with E-state index in [2.05, 4.69) is 17.4 Å². The third kappa shape index (κ3) is 5.27. The molecule has 0 saturated heterocycles. The Bertz CT molecular complexity index is 670. The van der Waals surface area contributed by atoms with Gasteiger partial charge >= 0.3 is 0 Å². The van der Waals surface area contributed by atoms with Crippen LogP contribution in [-0.2, 0) is 11.2 Å². The predicted octanol–water partition coefficient (Wildman–Crippen LogP) is 4.63. The summed E-state index contributed by atoms with van der Waals surface area (Å²) < 4.78 is 5.81. The molecular formula is C20H24ClNO2. The van der Waals surface area contributed by atoms with E-state index in [1.807, 2.05) is 51.1 Å². The van der Waals surface area contributed by atoms with Crippen LogP contribution in [0.2, 0.25) is 5.02 Å². The molecule has 0 unspecified atom stereocenters. The number of ether oxygens (including phenoxy) is 1. The van der Waals surface area contributed by atoms with Crippen LogP contribution >= 0.6 is 11.6 Å². The van der Waals surface area contributed by atoms with Crippen LogP contribution < -0.4 is 10.1 Å². The first-order valence-corrected chi connectivity index (χ1v) is 8.56. The highest BCUT2D eigenvalue weighted by Gasteiger charge is 2.26. The maximum absolute atomic E-state index is 12.6. The van der Waals surface area contributed by atoms with Crippen molar-refractivity contribution < 1.29 is 9.53 Å². The van der Waals surface area contributed by atoms with Crippen LogP contribution in [0.1, 0.15) is 32.8 Å². The van der Waals surface area contributed by atoms with Gasteiger partial charge in [-0.3, -0.25) is 4.79 Å². The predicted molar refractivity (Wildman–Crippen MR) is 98.5 cm³/mol. The number of hydrogen-bond donors (Lipinski definition) is 1. The van der Waals surface area contributed by atoms with Gasteiger partial charge in [0.2, 0.25) is 0 Å². The Labute approximate surface area is 149 Å². The molecular weight excluding hydrogens is 322 g/mol. The topological polar surface area (TPSA) is 38.3 Å². The number of carbonyl (C=O) groups is 1. The van der Waals surface area contributed by atoms with Crippen molar-refractivity contribution in [3.63, 3.8) is 0 Å². The quantitative estimate of drug-likeness (QED) is 0.794. The van der Waals surface area contributed by atoms with Gasteiger partial charge in [0.05, 0.1) is 5.02 Å². The summed E-state index contributed by atoms with van der Waals surface area (Å²) in [7, 11) is 0. The lowest BCUT2D eigenvalue weighted by molar-refractivity contribution is -0.129. The monoisotopic (exact) mass is 345 g/mol. The standard InChI is InChI=1S/C20H24ClNO2/c1-4-17(24-18-13-9-8-12-16(18)21)19(23)22-20(2,3)14-15-10-6-5-7-11-15/h5-13,17H,4,14H2,1-3H3,(H,22,23)/t17-/m0/s1. The summed E-state index contributed by atoms with van der Waals surface area (Å²) in [6.07, 6.45) is 0.751. The van der Waals surface area contributed by atoms with Gasteiger partial charge in [-0.05, 0) is 44.4 Å². The summed E-state index contributed by atoms with van der Waals surface area (Å²) in [5.74, 6) is 0.403. The molecule has 128 valence electrons. The summed E-state index contributed by atoms with van der Waals surface area (Å²) >= 11 is 6.11. The Kier molecular flexibility index (Phi) is 6.27. The van der Waals surface area contributed by atoms with Gasteiger partial charge in [0.25, 0.3) is 5.91 Å². The smallest absolute Gasteiger partial charge is 0.261 e. The van der Waals surface area contributed by atoms with Crippen molar-refractivity contribution in [1.29, 1.82) is 0 Å². The Morgan fingerprint density at radius 2 is 1.75 bits per heavy atom. The fourth-order valence-corrected chi connectivity index (χ4v) is 2.76. The zero-order valence-corrected chi connectivity index (χ0v) is 15.1. The van der Waals surface area contributed by atoms with Crippen molar-refractivity contribution in [1.82, 2.24) is 5.32 Å². The minimum Gasteiger partial charge on any atom is -0.479 e. The Morgan fingerprint density at radius 3 is 2.38 bits per heavy atom. The minimum absolute atomic E-state index is 0.127. The van der Waals surface area contributed by atoms with E-state index < -0.39 is 6.10 Å². The van der Waals surface area contributed by atoms with Crippen LogP contribution in [0.15, 0.2) is 54.6 Å². The SMILES string of the molecule is CC[C@H](Oc1ccccc1Cl)C(=O)NC(C)(C)Cc1ccccc1. The largest absolute Gasteiger partial charge is 0.479 e. The van der Waals surface area contributed by atoms with Crippen LogP contribution in [0.5, 0.6) is 5.75 Å². The van der Waals surface area contributed by atoms with Crippen LogP contribution in [0.4, 0.5) is 0 Å². The molecule has 2 aromatic rings. The highest BCUT2D eigenvalue weighted by molar-refractivity contribution is 6.32. The second-order valence-corrected chi connectivity index (χ2v) is 6.89. The molecule has 2 aromatic carbocycles. The number of para-hydroxylation sites is 1. The molecule has 0 aliphatic carbocycles. The molecule has 1 amide bonds. The summed E-state index contributed by atoms with van der Waals surface area (Å²) in [5, 5.41) is 3.60. The highest BCUT2D eigenvalue weighted by Crippen LogP contribution is 2.25. The van der Waals surface area contributed by atoms with E-state index in [9.17, 15) is 4.79 Å². The van der Waals surface area contributed by atoms with Crippen molar-refractivity contribution in [2.24, 2.45) is 0 Å². The average Bonchev–Trinajstić information content (AvgIpc) is 2.54. The summed E-state index contributed by atoms with van der Waals surface area (Å²) in [6, 6.07) is 17.3. The van der Waals surface area contributed by atoms with Gasteiger partial charge in [0, 0.05) is 5.54 Å². The van der Waals surface area contributed by atoms with Crippen molar-refractivity contribution in [2.75, 3.05) is 0 Å². The lowest BCUT2D eigenvalue weighted by atomic mass is 9.94. The highest BCUT2D eigenvalue weighted by atomic mass is 35.5. The second-order valence-electron chi connectivity index (χ2n) is 6.48. The normalized spacial score (nSPS) is 12.5. The first-order valence-electron chi connectivity index (χ1n) is 8.18.